The van der Waals surface area contributed by atoms with Gasteiger partial charge in [-0.1, -0.05) is 36.8 Å². The standard InChI is InChI=1S/C17H18F3NO3S/c1-3-21(12-14-6-4-5-13(2)11-14)25(22,23)16-9-7-15(8-10-16)24-17(18,19)20/h4-11H,3,12H2,1-2H3. The maximum atomic E-state index is 12.7. The third-order valence-electron chi connectivity index (χ3n) is 3.49. The highest BCUT2D eigenvalue weighted by molar-refractivity contribution is 7.89. The van der Waals surface area contributed by atoms with Gasteiger partial charge in [0, 0.05) is 13.1 Å². The SMILES string of the molecule is CCN(Cc1cccc(C)c1)S(=O)(=O)c1ccc(OC(F)(F)F)cc1. The Morgan fingerprint density at radius 3 is 2.24 bits per heavy atom. The minimum Gasteiger partial charge on any atom is -0.406 e. The van der Waals surface area contributed by atoms with Crippen LogP contribution < -0.4 is 4.74 Å². The van der Waals surface area contributed by atoms with E-state index in [2.05, 4.69) is 4.74 Å². The summed E-state index contributed by atoms with van der Waals surface area (Å²) in [6.07, 6.45) is -4.82. The first kappa shape index (κ1) is 19.3. The molecule has 0 bridgehead atoms. The topological polar surface area (TPSA) is 46.6 Å². The molecule has 0 heterocycles. The maximum Gasteiger partial charge on any atom is 0.573 e. The molecular formula is C17H18F3NO3S. The van der Waals surface area contributed by atoms with Crippen LogP contribution in [0.3, 0.4) is 0 Å². The second kappa shape index (κ2) is 7.45. The monoisotopic (exact) mass is 373 g/mol. The number of sulfonamides is 1. The second-order valence-electron chi connectivity index (χ2n) is 5.44. The van der Waals surface area contributed by atoms with E-state index in [4.69, 9.17) is 0 Å². The van der Waals surface area contributed by atoms with Crippen molar-refractivity contribution >= 4 is 10.0 Å². The van der Waals surface area contributed by atoms with Crippen LogP contribution in [0.4, 0.5) is 13.2 Å². The Kier molecular flexibility index (Phi) is 5.74. The van der Waals surface area contributed by atoms with Gasteiger partial charge >= 0.3 is 6.36 Å². The van der Waals surface area contributed by atoms with Gasteiger partial charge in [0.05, 0.1) is 4.90 Å². The van der Waals surface area contributed by atoms with E-state index < -0.39 is 22.1 Å². The van der Waals surface area contributed by atoms with Crippen molar-refractivity contribution in [2.45, 2.75) is 31.7 Å². The Morgan fingerprint density at radius 2 is 1.72 bits per heavy atom. The Morgan fingerprint density at radius 1 is 1.08 bits per heavy atom. The van der Waals surface area contributed by atoms with E-state index in [9.17, 15) is 21.6 Å². The lowest BCUT2D eigenvalue weighted by molar-refractivity contribution is -0.274. The summed E-state index contributed by atoms with van der Waals surface area (Å²) < 4.78 is 67.0. The number of nitrogens with zero attached hydrogens (tertiary/aromatic N) is 1. The summed E-state index contributed by atoms with van der Waals surface area (Å²) in [6, 6.07) is 11.7. The zero-order valence-corrected chi connectivity index (χ0v) is 14.6. The van der Waals surface area contributed by atoms with E-state index in [1.807, 2.05) is 31.2 Å². The highest BCUT2D eigenvalue weighted by atomic mass is 32.2. The number of hydrogen-bond donors (Lipinski definition) is 0. The summed E-state index contributed by atoms with van der Waals surface area (Å²) in [5.41, 5.74) is 1.85. The fourth-order valence-corrected chi connectivity index (χ4v) is 3.78. The molecule has 0 spiro atoms. The molecule has 0 fully saturated rings. The third kappa shape index (κ3) is 5.20. The van der Waals surface area contributed by atoms with Gasteiger partial charge in [-0.3, -0.25) is 0 Å². The Bertz CT molecular complexity index is 818. The summed E-state index contributed by atoms with van der Waals surface area (Å²) in [6.45, 7) is 4.03. The molecule has 8 heteroatoms. The summed E-state index contributed by atoms with van der Waals surface area (Å²) in [7, 11) is -3.83. The van der Waals surface area contributed by atoms with Crippen LogP contribution in [0.5, 0.6) is 5.75 Å². The number of benzene rings is 2. The first-order chi connectivity index (χ1) is 11.6. The van der Waals surface area contributed by atoms with E-state index in [-0.39, 0.29) is 18.0 Å². The highest BCUT2D eigenvalue weighted by Gasteiger charge is 2.31. The van der Waals surface area contributed by atoms with E-state index >= 15 is 0 Å². The van der Waals surface area contributed by atoms with Crippen molar-refractivity contribution in [2.24, 2.45) is 0 Å². The Hall–Kier alpha value is -2.06. The maximum absolute atomic E-state index is 12.7. The molecule has 0 saturated carbocycles. The molecule has 0 aliphatic carbocycles. The molecule has 25 heavy (non-hydrogen) atoms. The van der Waals surface area contributed by atoms with Crippen LogP contribution in [0, 0.1) is 6.92 Å². The predicted molar refractivity (Wildman–Crippen MR) is 87.6 cm³/mol. The van der Waals surface area contributed by atoms with E-state index in [1.165, 1.54) is 4.31 Å². The van der Waals surface area contributed by atoms with Gasteiger partial charge in [-0.15, -0.1) is 13.2 Å². The molecule has 0 radical (unpaired) electrons. The smallest absolute Gasteiger partial charge is 0.406 e. The van der Waals surface area contributed by atoms with Crippen molar-refractivity contribution in [3.63, 3.8) is 0 Å². The average Bonchev–Trinajstić information content (AvgIpc) is 2.51. The molecule has 0 N–H and O–H groups in total. The van der Waals surface area contributed by atoms with Crippen LogP contribution in [-0.4, -0.2) is 25.6 Å². The van der Waals surface area contributed by atoms with E-state index in [1.54, 1.807) is 6.92 Å². The van der Waals surface area contributed by atoms with Crippen molar-refractivity contribution in [1.29, 1.82) is 0 Å². The van der Waals surface area contributed by atoms with Crippen molar-refractivity contribution in [3.8, 4) is 5.75 Å². The summed E-state index contributed by atoms with van der Waals surface area (Å²) >= 11 is 0. The minimum absolute atomic E-state index is 0.0865. The molecule has 0 saturated heterocycles. The molecule has 0 unspecified atom stereocenters. The lowest BCUT2D eigenvalue weighted by atomic mass is 10.1. The van der Waals surface area contributed by atoms with E-state index in [0.29, 0.717) is 0 Å². The van der Waals surface area contributed by atoms with Gasteiger partial charge in [0.25, 0.3) is 0 Å². The van der Waals surface area contributed by atoms with Crippen molar-refractivity contribution in [1.82, 2.24) is 4.31 Å². The van der Waals surface area contributed by atoms with Gasteiger partial charge in [0.15, 0.2) is 0 Å². The number of halogens is 3. The molecule has 2 rings (SSSR count). The first-order valence-electron chi connectivity index (χ1n) is 7.53. The molecule has 4 nitrogen and oxygen atoms in total. The Balaban J connectivity index is 2.23. The fourth-order valence-electron chi connectivity index (χ4n) is 2.34. The van der Waals surface area contributed by atoms with Gasteiger partial charge in [-0.25, -0.2) is 8.42 Å². The van der Waals surface area contributed by atoms with Gasteiger partial charge in [0.1, 0.15) is 5.75 Å². The second-order valence-corrected chi connectivity index (χ2v) is 7.38. The van der Waals surface area contributed by atoms with Crippen molar-refractivity contribution in [2.75, 3.05) is 6.54 Å². The number of alkyl halides is 3. The first-order valence-corrected chi connectivity index (χ1v) is 8.97. The molecule has 0 aliphatic rings. The third-order valence-corrected chi connectivity index (χ3v) is 5.42. The molecular weight excluding hydrogens is 355 g/mol. The molecule has 0 amide bonds. The summed E-state index contributed by atoms with van der Waals surface area (Å²) in [4.78, 5) is -0.0865. The molecule has 0 aromatic heterocycles. The van der Waals surface area contributed by atoms with Gasteiger partial charge in [-0.2, -0.15) is 4.31 Å². The number of hydrogen-bond acceptors (Lipinski definition) is 3. The quantitative estimate of drug-likeness (QED) is 0.766. The van der Waals surface area contributed by atoms with Crippen LogP contribution in [-0.2, 0) is 16.6 Å². The van der Waals surface area contributed by atoms with Crippen molar-refractivity contribution in [3.05, 3.63) is 59.7 Å². The molecule has 2 aromatic rings. The van der Waals surface area contributed by atoms with E-state index in [0.717, 1.165) is 35.4 Å². The zero-order chi connectivity index (χ0) is 18.7. The van der Waals surface area contributed by atoms with Crippen LogP contribution in [0.1, 0.15) is 18.1 Å². The molecule has 136 valence electrons. The zero-order valence-electron chi connectivity index (χ0n) is 13.7. The number of ether oxygens (including phenoxy) is 1. The normalized spacial score (nSPS) is 12.4. The van der Waals surface area contributed by atoms with Crippen LogP contribution >= 0.6 is 0 Å². The van der Waals surface area contributed by atoms with Gasteiger partial charge in [-0.05, 0) is 36.8 Å². The molecule has 0 atom stereocenters. The van der Waals surface area contributed by atoms with Gasteiger partial charge < -0.3 is 4.74 Å². The lowest BCUT2D eigenvalue weighted by Crippen LogP contribution is -2.30. The number of aryl methyl sites for hydroxylation is 1. The number of rotatable bonds is 6. The van der Waals surface area contributed by atoms with Crippen LogP contribution in [0.2, 0.25) is 0 Å². The van der Waals surface area contributed by atoms with Crippen LogP contribution in [0.25, 0.3) is 0 Å². The molecule has 0 aliphatic heterocycles. The van der Waals surface area contributed by atoms with Gasteiger partial charge in [0.2, 0.25) is 10.0 Å². The fraction of sp³-hybridized carbons (Fsp3) is 0.294. The summed E-state index contributed by atoms with van der Waals surface area (Å²) in [5, 5.41) is 0. The van der Waals surface area contributed by atoms with Crippen LogP contribution in [0.15, 0.2) is 53.4 Å². The minimum atomic E-state index is -4.82. The summed E-state index contributed by atoms with van der Waals surface area (Å²) in [5.74, 6) is -0.465. The lowest BCUT2D eigenvalue weighted by Gasteiger charge is -2.21. The average molecular weight is 373 g/mol. The molecule has 2 aromatic carbocycles. The largest absolute Gasteiger partial charge is 0.573 e. The van der Waals surface area contributed by atoms with Crippen molar-refractivity contribution < 1.29 is 26.3 Å². The Labute approximate surface area is 144 Å². The highest BCUT2D eigenvalue weighted by Crippen LogP contribution is 2.25. The predicted octanol–water partition coefficient (Wildman–Crippen LogP) is 4.10.